The summed E-state index contributed by atoms with van der Waals surface area (Å²) >= 11 is 0. The van der Waals surface area contributed by atoms with Crippen molar-refractivity contribution in [3.63, 3.8) is 0 Å². The summed E-state index contributed by atoms with van der Waals surface area (Å²) in [5, 5.41) is 13.3. The maximum absolute atomic E-state index is 12.7. The fourth-order valence-corrected chi connectivity index (χ4v) is 6.51. The van der Waals surface area contributed by atoms with Crippen LogP contribution in [0, 0.1) is 0 Å². The van der Waals surface area contributed by atoms with Crippen LogP contribution >= 0.6 is 0 Å². The van der Waals surface area contributed by atoms with Crippen LogP contribution in [0.3, 0.4) is 0 Å². The Kier molecular flexibility index (Phi) is 9.66. The summed E-state index contributed by atoms with van der Waals surface area (Å²) in [6, 6.07) is 22.9. The fourth-order valence-electron chi connectivity index (χ4n) is 5.23. The van der Waals surface area contributed by atoms with Gasteiger partial charge in [0.15, 0.2) is 8.32 Å². The Morgan fingerprint density at radius 3 is 2.32 bits per heavy atom. The van der Waals surface area contributed by atoms with Crippen LogP contribution in [-0.2, 0) is 17.3 Å². The Balaban J connectivity index is 1.45. The molecule has 0 saturated carbocycles. The van der Waals surface area contributed by atoms with Crippen LogP contribution in [0.2, 0.25) is 18.1 Å². The van der Waals surface area contributed by atoms with Crippen LogP contribution in [0.1, 0.15) is 66.9 Å². The SMILES string of the molecule is CC(C)(C)[Si](C)(C)O[C@H](c1ccccc1)[C@H]1CC[C@@H](Cc2ccc(C(=O)NCCc3ccccn3)cc2)N1C(=O)O. The lowest BCUT2D eigenvalue weighted by Crippen LogP contribution is -2.49. The van der Waals surface area contributed by atoms with E-state index in [2.05, 4.69) is 44.2 Å². The number of aromatic nitrogens is 1. The summed E-state index contributed by atoms with van der Waals surface area (Å²) < 4.78 is 6.94. The number of pyridine rings is 1. The minimum absolute atomic E-state index is 0.00143. The molecule has 2 aromatic carbocycles. The number of carbonyl (C=O) groups is 2. The lowest BCUT2D eigenvalue weighted by atomic mass is 10.0. The van der Waals surface area contributed by atoms with Crippen molar-refractivity contribution in [1.29, 1.82) is 0 Å². The van der Waals surface area contributed by atoms with Gasteiger partial charge in [-0.3, -0.25) is 14.7 Å². The fraction of sp³-hybridized carbons (Fsp3) is 0.424. The Bertz CT molecular complexity index is 1290. The maximum atomic E-state index is 12.7. The van der Waals surface area contributed by atoms with E-state index in [-0.39, 0.29) is 29.1 Å². The van der Waals surface area contributed by atoms with Gasteiger partial charge < -0.3 is 14.8 Å². The van der Waals surface area contributed by atoms with Crippen molar-refractivity contribution in [3.05, 3.63) is 101 Å². The van der Waals surface area contributed by atoms with Crippen molar-refractivity contribution in [2.24, 2.45) is 0 Å². The van der Waals surface area contributed by atoms with Gasteiger partial charge in [-0.2, -0.15) is 0 Å². The van der Waals surface area contributed by atoms with E-state index in [1.807, 2.05) is 72.8 Å². The van der Waals surface area contributed by atoms with Gasteiger partial charge in [-0.25, -0.2) is 4.79 Å². The van der Waals surface area contributed by atoms with Gasteiger partial charge >= 0.3 is 6.09 Å². The van der Waals surface area contributed by atoms with Crippen molar-refractivity contribution in [1.82, 2.24) is 15.2 Å². The van der Waals surface area contributed by atoms with E-state index in [1.165, 1.54) is 0 Å². The minimum atomic E-state index is -2.19. The third-order valence-corrected chi connectivity index (χ3v) is 13.0. The van der Waals surface area contributed by atoms with Gasteiger partial charge in [-0.05, 0) is 72.8 Å². The first-order chi connectivity index (χ1) is 19.5. The van der Waals surface area contributed by atoms with E-state index in [4.69, 9.17) is 4.43 Å². The highest BCUT2D eigenvalue weighted by Gasteiger charge is 2.46. The maximum Gasteiger partial charge on any atom is 0.407 e. The molecule has 3 atom stereocenters. The standard InChI is InChI=1S/C33H43N3O4Si/c1-33(2,3)41(4,5)40-30(25-11-7-6-8-12-25)29-19-18-28(36(29)32(38)39)23-24-14-16-26(17-15-24)31(37)35-22-20-27-13-9-10-21-34-27/h6-17,21,28-30H,18-20,22-23H2,1-5H3,(H,35,37)(H,38,39)/t28-,29+,30+/m0/s1. The van der Waals surface area contributed by atoms with Crippen LogP contribution in [0.4, 0.5) is 4.79 Å². The van der Waals surface area contributed by atoms with Gasteiger partial charge in [0.2, 0.25) is 0 Å². The number of nitrogens with zero attached hydrogens (tertiary/aromatic N) is 2. The predicted octanol–water partition coefficient (Wildman–Crippen LogP) is 6.87. The van der Waals surface area contributed by atoms with E-state index in [0.717, 1.165) is 29.7 Å². The average molecular weight is 574 g/mol. The second-order valence-corrected chi connectivity index (χ2v) is 17.2. The first-order valence-electron chi connectivity index (χ1n) is 14.5. The van der Waals surface area contributed by atoms with E-state index in [1.54, 1.807) is 11.1 Å². The van der Waals surface area contributed by atoms with Gasteiger partial charge in [-0.1, -0.05) is 69.3 Å². The largest absolute Gasteiger partial charge is 0.465 e. The number of hydrogen-bond acceptors (Lipinski definition) is 4. The Hall–Kier alpha value is -3.49. The minimum Gasteiger partial charge on any atom is -0.465 e. The molecule has 0 unspecified atom stereocenters. The number of likely N-dealkylation sites (tertiary alicyclic amines) is 1. The normalized spacial score (nSPS) is 18.2. The molecule has 0 bridgehead atoms. The molecule has 1 saturated heterocycles. The molecule has 0 aliphatic carbocycles. The molecule has 2 N–H and O–H groups in total. The number of carbonyl (C=O) groups excluding carboxylic acids is 1. The third-order valence-electron chi connectivity index (χ3n) is 8.55. The van der Waals surface area contributed by atoms with Crippen molar-refractivity contribution in [2.75, 3.05) is 6.54 Å². The zero-order valence-electron chi connectivity index (χ0n) is 24.8. The summed E-state index contributed by atoms with van der Waals surface area (Å²) in [4.78, 5) is 31.2. The van der Waals surface area contributed by atoms with Crippen LogP contribution < -0.4 is 5.32 Å². The summed E-state index contributed by atoms with van der Waals surface area (Å²) in [5.41, 5.74) is 3.55. The number of benzene rings is 2. The van der Waals surface area contributed by atoms with Crippen molar-refractivity contribution in [3.8, 4) is 0 Å². The molecular formula is C33H43N3O4Si. The molecule has 41 heavy (non-hydrogen) atoms. The van der Waals surface area contributed by atoms with Crippen LogP contribution in [0.25, 0.3) is 0 Å². The quantitative estimate of drug-likeness (QED) is 0.258. The molecule has 0 spiro atoms. The summed E-state index contributed by atoms with van der Waals surface area (Å²) in [6.07, 6.45) is 3.26. The number of hydrogen-bond donors (Lipinski definition) is 2. The van der Waals surface area contributed by atoms with Crippen molar-refractivity contribution < 1.29 is 19.1 Å². The van der Waals surface area contributed by atoms with Gasteiger partial charge in [0.05, 0.1) is 12.1 Å². The van der Waals surface area contributed by atoms with Crippen molar-refractivity contribution >= 4 is 20.3 Å². The highest BCUT2D eigenvalue weighted by atomic mass is 28.4. The van der Waals surface area contributed by atoms with Gasteiger partial charge in [0.1, 0.15) is 0 Å². The molecule has 7 nitrogen and oxygen atoms in total. The van der Waals surface area contributed by atoms with Crippen LogP contribution in [-0.4, -0.2) is 53.9 Å². The predicted molar refractivity (Wildman–Crippen MR) is 165 cm³/mol. The lowest BCUT2D eigenvalue weighted by molar-refractivity contribution is 0.0598. The van der Waals surface area contributed by atoms with Crippen molar-refractivity contribution in [2.45, 2.75) is 82.8 Å². The summed E-state index contributed by atoms with van der Waals surface area (Å²) in [7, 11) is -2.19. The average Bonchev–Trinajstić information content (AvgIpc) is 3.36. The third kappa shape index (κ3) is 7.62. The van der Waals surface area contributed by atoms with E-state index in [0.29, 0.717) is 24.9 Å². The Morgan fingerprint density at radius 1 is 1.02 bits per heavy atom. The molecule has 0 radical (unpaired) electrons. The number of carboxylic acid groups (broad SMARTS) is 1. The van der Waals surface area contributed by atoms with Gasteiger partial charge in [0, 0.05) is 36.5 Å². The molecule has 218 valence electrons. The van der Waals surface area contributed by atoms with Crippen LogP contribution in [0.15, 0.2) is 79.0 Å². The number of nitrogens with one attached hydrogen (secondary N) is 1. The molecule has 1 aliphatic rings. The van der Waals surface area contributed by atoms with Gasteiger partial charge in [-0.15, -0.1) is 0 Å². The molecule has 4 rings (SSSR count). The zero-order valence-corrected chi connectivity index (χ0v) is 25.8. The number of amides is 2. The topological polar surface area (TPSA) is 91.8 Å². The van der Waals surface area contributed by atoms with Crippen LogP contribution in [0.5, 0.6) is 0 Å². The van der Waals surface area contributed by atoms with E-state index < -0.39 is 14.4 Å². The first kappa shape index (κ1) is 30.5. The molecule has 1 aromatic heterocycles. The van der Waals surface area contributed by atoms with E-state index >= 15 is 0 Å². The molecule has 2 amide bonds. The first-order valence-corrected chi connectivity index (χ1v) is 17.4. The number of rotatable bonds is 10. The molecule has 1 fully saturated rings. The molecular weight excluding hydrogens is 530 g/mol. The molecule has 3 aromatic rings. The molecule has 8 heteroatoms. The Labute approximate surface area is 245 Å². The molecule has 1 aliphatic heterocycles. The second kappa shape index (κ2) is 13.0. The zero-order chi connectivity index (χ0) is 29.6. The van der Waals surface area contributed by atoms with Gasteiger partial charge in [0.25, 0.3) is 5.91 Å². The highest BCUT2D eigenvalue weighted by Crippen LogP contribution is 2.44. The Morgan fingerprint density at radius 2 is 1.71 bits per heavy atom. The molecule has 2 heterocycles. The summed E-state index contributed by atoms with van der Waals surface area (Å²) in [5.74, 6) is -0.131. The second-order valence-electron chi connectivity index (χ2n) is 12.4. The highest BCUT2D eigenvalue weighted by molar-refractivity contribution is 6.74. The summed E-state index contributed by atoms with van der Waals surface area (Å²) in [6.45, 7) is 11.6. The smallest absolute Gasteiger partial charge is 0.407 e. The van der Waals surface area contributed by atoms with E-state index in [9.17, 15) is 14.7 Å². The monoisotopic (exact) mass is 573 g/mol. The lowest BCUT2D eigenvalue weighted by Gasteiger charge is -2.42.